The van der Waals surface area contributed by atoms with Crippen molar-refractivity contribution in [1.82, 2.24) is 15.2 Å². The Kier molecular flexibility index (Phi) is 3.19. The molecule has 0 bridgehead atoms. The zero-order valence-corrected chi connectivity index (χ0v) is 11.2. The van der Waals surface area contributed by atoms with Crippen molar-refractivity contribution in [3.8, 4) is 0 Å². The van der Waals surface area contributed by atoms with Gasteiger partial charge < -0.3 is 10.4 Å². The van der Waals surface area contributed by atoms with Crippen molar-refractivity contribution in [2.24, 2.45) is 0 Å². The number of fused-ring (bicyclic) bond motifs is 1. The topological polar surface area (TPSA) is 88.0 Å². The Hall–Kier alpha value is -3.02. The van der Waals surface area contributed by atoms with Crippen LogP contribution >= 0.6 is 0 Å². The standard InChI is InChI=1S/C15H12N4O2/c1-9-6-10(8-16-7-9)17-13-11-4-2-3-5-12(11)18-19-14(13)15(20)21/h2-8H,1H3,(H,17,18)(H,20,21). The lowest BCUT2D eigenvalue weighted by atomic mass is 10.1. The summed E-state index contributed by atoms with van der Waals surface area (Å²) in [5.41, 5.74) is 2.61. The number of nitrogens with one attached hydrogen (secondary N) is 1. The molecule has 21 heavy (non-hydrogen) atoms. The molecule has 0 saturated carbocycles. The molecule has 3 aromatic rings. The van der Waals surface area contributed by atoms with E-state index in [0.29, 0.717) is 22.3 Å². The number of carboxylic acid groups (broad SMARTS) is 1. The van der Waals surface area contributed by atoms with Gasteiger partial charge in [-0.2, -0.15) is 0 Å². The number of hydrogen-bond acceptors (Lipinski definition) is 5. The molecule has 2 N–H and O–H groups in total. The number of anilines is 2. The van der Waals surface area contributed by atoms with Gasteiger partial charge >= 0.3 is 5.97 Å². The van der Waals surface area contributed by atoms with Gasteiger partial charge in [-0.3, -0.25) is 4.98 Å². The highest BCUT2D eigenvalue weighted by molar-refractivity contribution is 6.03. The van der Waals surface area contributed by atoms with Gasteiger partial charge in [0.1, 0.15) is 0 Å². The minimum atomic E-state index is -1.13. The van der Waals surface area contributed by atoms with E-state index < -0.39 is 5.97 Å². The molecule has 104 valence electrons. The number of rotatable bonds is 3. The molecule has 6 heteroatoms. The second kappa shape index (κ2) is 5.16. The average Bonchev–Trinajstić information content (AvgIpc) is 2.47. The van der Waals surface area contributed by atoms with Gasteiger partial charge in [0.2, 0.25) is 0 Å². The molecule has 0 aliphatic carbocycles. The molecule has 0 amide bonds. The van der Waals surface area contributed by atoms with Crippen LogP contribution in [0.15, 0.2) is 42.7 Å². The molecule has 0 fully saturated rings. The number of carbonyl (C=O) groups is 1. The summed E-state index contributed by atoms with van der Waals surface area (Å²) < 4.78 is 0. The first kappa shape index (κ1) is 13.0. The van der Waals surface area contributed by atoms with Crippen molar-refractivity contribution >= 4 is 28.2 Å². The Morgan fingerprint density at radius 3 is 2.76 bits per heavy atom. The molecule has 0 aliphatic rings. The van der Waals surface area contributed by atoms with E-state index in [1.807, 2.05) is 31.2 Å². The van der Waals surface area contributed by atoms with Gasteiger partial charge in [0.15, 0.2) is 5.69 Å². The Labute approximate surface area is 120 Å². The first-order valence-electron chi connectivity index (χ1n) is 6.32. The molecule has 0 unspecified atom stereocenters. The normalized spacial score (nSPS) is 10.5. The summed E-state index contributed by atoms with van der Waals surface area (Å²) >= 11 is 0. The third-order valence-electron chi connectivity index (χ3n) is 3.01. The van der Waals surface area contributed by atoms with Gasteiger partial charge in [-0.05, 0) is 24.6 Å². The molecule has 0 radical (unpaired) electrons. The number of hydrogen-bond donors (Lipinski definition) is 2. The first-order chi connectivity index (χ1) is 10.1. The lowest BCUT2D eigenvalue weighted by molar-refractivity contribution is 0.0690. The highest BCUT2D eigenvalue weighted by Crippen LogP contribution is 2.27. The smallest absolute Gasteiger partial charge is 0.358 e. The number of aromatic nitrogens is 3. The highest BCUT2D eigenvalue weighted by atomic mass is 16.4. The fourth-order valence-electron chi connectivity index (χ4n) is 2.10. The molecule has 3 rings (SSSR count). The van der Waals surface area contributed by atoms with Crippen molar-refractivity contribution in [3.05, 3.63) is 54.0 Å². The Balaban J connectivity index is 2.18. The number of pyridine rings is 1. The van der Waals surface area contributed by atoms with Gasteiger partial charge in [-0.25, -0.2) is 4.79 Å². The molecule has 6 nitrogen and oxygen atoms in total. The van der Waals surface area contributed by atoms with Crippen LogP contribution in [0.5, 0.6) is 0 Å². The third kappa shape index (κ3) is 2.51. The summed E-state index contributed by atoms with van der Waals surface area (Å²) in [5.74, 6) is -1.13. The Morgan fingerprint density at radius 1 is 1.19 bits per heavy atom. The van der Waals surface area contributed by atoms with Gasteiger partial charge in [0.25, 0.3) is 0 Å². The first-order valence-corrected chi connectivity index (χ1v) is 6.32. The van der Waals surface area contributed by atoms with Crippen molar-refractivity contribution in [3.63, 3.8) is 0 Å². The second-order valence-electron chi connectivity index (χ2n) is 4.62. The lowest BCUT2D eigenvalue weighted by Gasteiger charge is -2.11. The molecular weight excluding hydrogens is 268 g/mol. The van der Waals surface area contributed by atoms with Crippen LogP contribution < -0.4 is 5.32 Å². The van der Waals surface area contributed by atoms with E-state index in [1.54, 1.807) is 18.5 Å². The summed E-state index contributed by atoms with van der Waals surface area (Å²) in [5, 5.41) is 20.8. The number of aromatic carboxylic acids is 1. The van der Waals surface area contributed by atoms with Crippen molar-refractivity contribution in [2.45, 2.75) is 6.92 Å². The average molecular weight is 280 g/mol. The molecule has 0 spiro atoms. The summed E-state index contributed by atoms with van der Waals surface area (Å²) in [6.07, 6.45) is 3.36. The fraction of sp³-hybridized carbons (Fsp3) is 0.0667. The minimum Gasteiger partial charge on any atom is -0.476 e. The number of aryl methyl sites for hydroxylation is 1. The summed E-state index contributed by atoms with van der Waals surface area (Å²) in [7, 11) is 0. The summed E-state index contributed by atoms with van der Waals surface area (Å²) in [4.78, 5) is 15.5. The van der Waals surface area contributed by atoms with E-state index in [1.165, 1.54) is 0 Å². The minimum absolute atomic E-state index is 0.116. The van der Waals surface area contributed by atoms with Crippen LogP contribution in [0.25, 0.3) is 10.9 Å². The molecule has 2 heterocycles. The highest BCUT2D eigenvalue weighted by Gasteiger charge is 2.16. The summed E-state index contributed by atoms with van der Waals surface area (Å²) in [6, 6.07) is 9.13. The fourth-order valence-corrected chi connectivity index (χ4v) is 2.10. The number of benzene rings is 1. The van der Waals surface area contributed by atoms with Crippen LogP contribution in [0.4, 0.5) is 11.4 Å². The zero-order chi connectivity index (χ0) is 14.8. The lowest BCUT2D eigenvalue weighted by Crippen LogP contribution is -2.08. The monoisotopic (exact) mass is 280 g/mol. The van der Waals surface area contributed by atoms with Crippen molar-refractivity contribution < 1.29 is 9.90 Å². The van der Waals surface area contributed by atoms with Crippen molar-refractivity contribution in [1.29, 1.82) is 0 Å². The number of carboxylic acids is 1. The summed E-state index contributed by atoms with van der Waals surface area (Å²) in [6.45, 7) is 1.92. The SMILES string of the molecule is Cc1cncc(Nc2c(C(=O)O)nnc3ccccc23)c1. The third-order valence-corrected chi connectivity index (χ3v) is 3.01. The molecular formula is C15H12N4O2. The Morgan fingerprint density at radius 2 is 2.00 bits per heavy atom. The maximum absolute atomic E-state index is 11.4. The van der Waals surface area contributed by atoms with Crippen molar-refractivity contribution in [2.75, 3.05) is 5.32 Å². The van der Waals surface area contributed by atoms with Crippen LogP contribution in [0.2, 0.25) is 0 Å². The molecule has 0 atom stereocenters. The van der Waals surface area contributed by atoms with Gasteiger partial charge in [0.05, 0.1) is 23.1 Å². The van der Waals surface area contributed by atoms with Crippen LogP contribution in [-0.2, 0) is 0 Å². The van der Waals surface area contributed by atoms with Crippen LogP contribution in [0.3, 0.4) is 0 Å². The predicted octanol–water partition coefficient (Wildman–Crippen LogP) is 2.78. The second-order valence-corrected chi connectivity index (χ2v) is 4.62. The maximum Gasteiger partial charge on any atom is 0.358 e. The maximum atomic E-state index is 11.4. The van der Waals surface area contributed by atoms with E-state index in [9.17, 15) is 9.90 Å². The van der Waals surface area contributed by atoms with E-state index in [2.05, 4.69) is 20.5 Å². The van der Waals surface area contributed by atoms with Crippen LogP contribution in [0, 0.1) is 6.92 Å². The van der Waals surface area contributed by atoms with Gasteiger partial charge in [0, 0.05) is 11.6 Å². The van der Waals surface area contributed by atoms with E-state index in [0.717, 1.165) is 5.56 Å². The molecule has 1 aromatic carbocycles. The zero-order valence-electron chi connectivity index (χ0n) is 11.2. The van der Waals surface area contributed by atoms with E-state index in [4.69, 9.17) is 0 Å². The van der Waals surface area contributed by atoms with Crippen LogP contribution in [0.1, 0.15) is 16.1 Å². The van der Waals surface area contributed by atoms with Gasteiger partial charge in [-0.1, -0.05) is 18.2 Å². The molecule has 0 saturated heterocycles. The van der Waals surface area contributed by atoms with E-state index >= 15 is 0 Å². The molecule has 2 aromatic heterocycles. The van der Waals surface area contributed by atoms with E-state index in [-0.39, 0.29) is 5.69 Å². The van der Waals surface area contributed by atoms with Crippen LogP contribution in [-0.4, -0.2) is 26.3 Å². The Bertz CT molecular complexity index is 833. The largest absolute Gasteiger partial charge is 0.476 e. The predicted molar refractivity (Wildman–Crippen MR) is 78.8 cm³/mol. The van der Waals surface area contributed by atoms with Gasteiger partial charge in [-0.15, -0.1) is 10.2 Å². The quantitative estimate of drug-likeness (QED) is 0.767. The molecule has 0 aliphatic heterocycles. The number of nitrogens with zero attached hydrogens (tertiary/aromatic N) is 3.